The molecule has 0 bridgehead atoms. The Balaban J connectivity index is 1.97. The Hall–Kier alpha value is -1.05. The van der Waals surface area contributed by atoms with Gasteiger partial charge >= 0.3 is 0 Å². The lowest BCUT2D eigenvalue weighted by Crippen LogP contribution is -2.23. The largest absolute Gasteiger partial charge is 0.356 e. The van der Waals surface area contributed by atoms with Crippen LogP contribution in [0.25, 0.3) is 0 Å². The third kappa shape index (κ3) is 5.40. The molecule has 0 saturated heterocycles. The molecule has 0 unspecified atom stereocenters. The molecule has 0 radical (unpaired) electrons. The quantitative estimate of drug-likeness (QED) is 0.639. The zero-order valence-corrected chi connectivity index (χ0v) is 9.54. The molecule has 0 aromatic heterocycles. The molecule has 0 atom stereocenters. The van der Waals surface area contributed by atoms with Crippen molar-refractivity contribution in [2.24, 2.45) is 5.92 Å². The van der Waals surface area contributed by atoms with Gasteiger partial charge in [-0.2, -0.15) is 0 Å². The summed E-state index contributed by atoms with van der Waals surface area (Å²) in [4.78, 5) is 11.3. The van der Waals surface area contributed by atoms with Gasteiger partial charge in [-0.3, -0.25) is 4.79 Å². The third-order valence-corrected chi connectivity index (χ3v) is 2.62. The average molecular weight is 207 g/mol. The fourth-order valence-electron chi connectivity index (χ4n) is 1.66. The molecule has 0 saturated carbocycles. The predicted octanol–water partition coefficient (Wildman–Crippen LogP) is 2.82. The van der Waals surface area contributed by atoms with E-state index in [1.807, 2.05) is 0 Å². The number of rotatable bonds is 7. The van der Waals surface area contributed by atoms with Crippen molar-refractivity contribution in [2.45, 2.75) is 39.0 Å². The summed E-state index contributed by atoms with van der Waals surface area (Å²) < 4.78 is 0. The highest BCUT2D eigenvalue weighted by molar-refractivity contribution is 5.75. The van der Waals surface area contributed by atoms with E-state index in [-0.39, 0.29) is 5.91 Å². The van der Waals surface area contributed by atoms with E-state index < -0.39 is 0 Å². The fourth-order valence-corrected chi connectivity index (χ4v) is 1.66. The summed E-state index contributed by atoms with van der Waals surface area (Å²) in [6, 6.07) is 0. The van der Waals surface area contributed by atoms with E-state index in [1.54, 1.807) is 0 Å². The number of amides is 1. The first-order chi connectivity index (χ1) is 7.33. The zero-order valence-electron chi connectivity index (χ0n) is 9.54. The molecule has 0 aliphatic heterocycles. The fraction of sp³-hybridized carbons (Fsp3) is 0.615. The second-order valence-corrected chi connectivity index (χ2v) is 4.03. The minimum Gasteiger partial charge on any atom is -0.356 e. The van der Waals surface area contributed by atoms with Crippen LogP contribution in [0.2, 0.25) is 0 Å². The predicted molar refractivity (Wildman–Crippen MR) is 63.5 cm³/mol. The molecule has 1 N–H and O–H groups in total. The lowest BCUT2D eigenvalue weighted by Gasteiger charge is -2.06. The average Bonchev–Trinajstić information content (AvgIpc) is 2.71. The molecule has 2 nitrogen and oxygen atoms in total. The van der Waals surface area contributed by atoms with Crippen LogP contribution in [-0.4, -0.2) is 12.5 Å². The van der Waals surface area contributed by atoms with Crippen LogP contribution in [0.1, 0.15) is 39.0 Å². The van der Waals surface area contributed by atoms with Crippen LogP contribution >= 0.6 is 0 Å². The van der Waals surface area contributed by atoms with Gasteiger partial charge in [0.15, 0.2) is 0 Å². The van der Waals surface area contributed by atoms with E-state index in [0.717, 1.165) is 32.2 Å². The van der Waals surface area contributed by atoms with Gasteiger partial charge in [0.05, 0.1) is 0 Å². The van der Waals surface area contributed by atoms with E-state index in [2.05, 4.69) is 36.5 Å². The van der Waals surface area contributed by atoms with E-state index in [0.29, 0.717) is 12.3 Å². The highest BCUT2D eigenvalue weighted by Gasteiger charge is 2.05. The number of unbranched alkanes of at least 4 members (excludes halogenated alkanes) is 1. The number of carbonyl (C=O) groups excluding carboxylic acids is 1. The summed E-state index contributed by atoms with van der Waals surface area (Å²) in [6.45, 7) is 2.96. The first-order valence-corrected chi connectivity index (χ1v) is 5.94. The van der Waals surface area contributed by atoms with Crippen LogP contribution in [0.15, 0.2) is 24.3 Å². The number of allylic oxidation sites excluding steroid dienone is 4. The molecule has 1 rings (SSSR count). The van der Waals surface area contributed by atoms with Crippen molar-refractivity contribution >= 4 is 5.91 Å². The highest BCUT2D eigenvalue weighted by atomic mass is 16.1. The summed E-state index contributed by atoms with van der Waals surface area (Å²) in [5.74, 6) is 0.767. The third-order valence-electron chi connectivity index (χ3n) is 2.62. The smallest absolute Gasteiger partial charge is 0.219 e. The summed E-state index contributed by atoms with van der Waals surface area (Å²) in [6.07, 6.45) is 13.5. The van der Waals surface area contributed by atoms with Crippen LogP contribution in [-0.2, 0) is 4.79 Å². The first kappa shape index (κ1) is 12.0. The van der Waals surface area contributed by atoms with Gasteiger partial charge in [0.25, 0.3) is 0 Å². The maximum absolute atomic E-state index is 11.3. The Morgan fingerprint density at radius 3 is 2.67 bits per heavy atom. The molecule has 2 heteroatoms. The number of nitrogens with one attached hydrogen (secondary N) is 1. The van der Waals surface area contributed by atoms with Crippen LogP contribution in [0.4, 0.5) is 0 Å². The Morgan fingerprint density at radius 2 is 2.00 bits per heavy atom. The van der Waals surface area contributed by atoms with Gasteiger partial charge in [-0.05, 0) is 25.2 Å². The maximum Gasteiger partial charge on any atom is 0.219 e. The molecule has 0 fully saturated rings. The normalized spacial score (nSPS) is 14.7. The van der Waals surface area contributed by atoms with Gasteiger partial charge in [0.2, 0.25) is 5.91 Å². The van der Waals surface area contributed by atoms with Crippen LogP contribution in [0.5, 0.6) is 0 Å². The van der Waals surface area contributed by atoms with Crippen LogP contribution in [0.3, 0.4) is 0 Å². The number of hydrogen-bond donors (Lipinski definition) is 1. The Morgan fingerprint density at radius 1 is 1.27 bits per heavy atom. The topological polar surface area (TPSA) is 29.1 Å². The summed E-state index contributed by atoms with van der Waals surface area (Å²) >= 11 is 0. The molecule has 1 aliphatic rings. The second kappa shape index (κ2) is 7.27. The molecular formula is C13H21NO. The van der Waals surface area contributed by atoms with E-state index in [1.165, 1.54) is 0 Å². The molecule has 0 aromatic rings. The first-order valence-electron chi connectivity index (χ1n) is 5.94. The van der Waals surface area contributed by atoms with Gasteiger partial charge < -0.3 is 5.32 Å². The Kier molecular flexibility index (Phi) is 5.83. The lowest BCUT2D eigenvalue weighted by molar-refractivity contribution is -0.121. The van der Waals surface area contributed by atoms with Gasteiger partial charge in [0, 0.05) is 13.0 Å². The second-order valence-electron chi connectivity index (χ2n) is 4.03. The van der Waals surface area contributed by atoms with Gasteiger partial charge in [0.1, 0.15) is 0 Å². The maximum atomic E-state index is 11.3. The van der Waals surface area contributed by atoms with Crippen molar-refractivity contribution in [3.05, 3.63) is 24.3 Å². The zero-order chi connectivity index (χ0) is 10.9. The number of carbonyl (C=O) groups is 1. The van der Waals surface area contributed by atoms with Crippen LogP contribution < -0.4 is 5.32 Å². The number of hydrogen-bond acceptors (Lipinski definition) is 1. The molecule has 0 aromatic carbocycles. The van der Waals surface area contributed by atoms with Crippen molar-refractivity contribution in [3.8, 4) is 0 Å². The lowest BCUT2D eigenvalue weighted by atomic mass is 10.0. The standard InChI is InChI=1S/C13H21NO/c1-2-3-11-14-13(15)10-6-9-12-7-4-5-8-12/h4-5,7-8,12H,2-3,6,9-11H2,1H3,(H,14,15). The van der Waals surface area contributed by atoms with Gasteiger partial charge in [-0.1, -0.05) is 37.6 Å². The Bertz CT molecular complexity index is 231. The van der Waals surface area contributed by atoms with E-state index in [4.69, 9.17) is 0 Å². The molecule has 0 spiro atoms. The molecule has 15 heavy (non-hydrogen) atoms. The Labute approximate surface area is 92.4 Å². The summed E-state index contributed by atoms with van der Waals surface area (Å²) in [5, 5.41) is 2.93. The monoisotopic (exact) mass is 207 g/mol. The SMILES string of the molecule is CCCCNC(=O)CCCC1C=CC=C1. The molecule has 84 valence electrons. The summed E-state index contributed by atoms with van der Waals surface area (Å²) in [5.41, 5.74) is 0. The van der Waals surface area contributed by atoms with E-state index >= 15 is 0 Å². The van der Waals surface area contributed by atoms with Gasteiger partial charge in [-0.15, -0.1) is 0 Å². The van der Waals surface area contributed by atoms with E-state index in [9.17, 15) is 4.79 Å². The van der Waals surface area contributed by atoms with Crippen molar-refractivity contribution in [1.82, 2.24) is 5.32 Å². The van der Waals surface area contributed by atoms with Crippen molar-refractivity contribution in [3.63, 3.8) is 0 Å². The molecule has 1 aliphatic carbocycles. The summed E-state index contributed by atoms with van der Waals surface area (Å²) in [7, 11) is 0. The van der Waals surface area contributed by atoms with Crippen molar-refractivity contribution in [1.29, 1.82) is 0 Å². The molecule has 1 amide bonds. The minimum absolute atomic E-state index is 0.203. The van der Waals surface area contributed by atoms with Crippen molar-refractivity contribution < 1.29 is 4.79 Å². The van der Waals surface area contributed by atoms with Crippen LogP contribution in [0, 0.1) is 5.92 Å². The van der Waals surface area contributed by atoms with Crippen molar-refractivity contribution in [2.75, 3.05) is 6.54 Å². The highest BCUT2D eigenvalue weighted by Crippen LogP contribution is 2.15. The molecule has 0 heterocycles. The van der Waals surface area contributed by atoms with Gasteiger partial charge in [-0.25, -0.2) is 0 Å². The minimum atomic E-state index is 0.203. The molecular weight excluding hydrogens is 186 g/mol.